The van der Waals surface area contributed by atoms with Crippen LogP contribution in [0.1, 0.15) is 67.0 Å². The number of hydrogen-bond acceptors (Lipinski definition) is 4. The van der Waals surface area contributed by atoms with Crippen LogP contribution in [0.2, 0.25) is 0 Å². The number of aromatic nitrogens is 6. The van der Waals surface area contributed by atoms with Gasteiger partial charge in [0, 0.05) is 33.5 Å². The number of fused-ring (bicyclic) bond motifs is 8. The second-order valence-electron chi connectivity index (χ2n) is 19.1. The molecule has 4 aromatic heterocycles. The summed E-state index contributed by atoms with van der Waals surface area (Å²) in [7, 11) is 3.97. The van der Waals surface area contributed by atoms with E-state index < -0.39 is 10.8 Å². The maximum absolute atomic E-state index is 4.66. The summed E-state index contributed by atoms with van der Waals surface area (Å²) in [5, 5.41) is 17.8. The zero-order chi connectivity index (χ0) is 48.9. The molecule has 14 rings (SSSR count). The molecule has 0 bridgehead atoms. The van der Waals surface area contributed by atoms with E-state index in [1.807, 2.05) is 69.1 Å². The molecule has 2 aliphatic heterocycles. The van der Waals surface area contributed by atoms with Gasteiger partial charge in [0.2, 0.25) is 0 Å². The van der Waals surface area contributed by atoms with Crippen molar-refractivity contribution in [3.8, 4) is 22.3 Å². The Morgan fingerprint density at radius 2 is 0.811 bits per heavy atom. The van der Waals surface area contributed by atoms with Crippen LogP contribution in [0.4, 0.5) is 34.4 Å². The quantitative estimate of drug-likeness (QED) is 0.122. The van der Waals surface area contributed by atoms with Crippen molar-refractivity contribution >= 4 is 46.4 Å². The van der Waals surface area contributed by atoms with E-state index in [2.05, 4.69) is 204 Å². The average Bonchev–Trinajstić information content (AvgIpc) is 4.28. The van der Waals surface area contributed by atoms with Gasteiger partial charge in [0.05, 0.1) is 22.2 Å². The second-order valence-corrected chi connectivity index (χ2v) is 19.1. The molecule has 0 amide bonds. The Balaban J connectivity index is 0.000000155. The summed E-state index contributed by atoms with van der Waals surface area (Å²) in [5.74, 6) is 1.68. The van der Waals surface area contributed by atoms with Gasteiger partial charge in [0.15, 0.2) is 12.4 Å². The molecule has 360 valence electrons. The summed E-state index contributed by atoms with van der Waals surface area (Å²) in [5.41, 5.74) is 20.9. The third-order valence-corrected chi connectivity index (χ3v) is 14.6. The third-order valence-electron chi connectivity index (χ3n) is 14.6. The third kappa shape index (κ3) is 7.23. The van der Waals surface area contributed by atoms with Gasteiger partial charge in [0.1, 0.15) is 14.1 Å². The first-order valence-electron chi connectivity index (χ1n) is 24.1. The Morgan fingerprint density at radius 1 is 0.446 bits per heavy atom. The first kappa shape index (κ1) is 48.4. The van der Waals surface area contributed by atoms with E-state index >= 15 is 0 Å². The normalized spacial score (nSPS) is 14.2. The summed E-state index contributed by atoms with van der Waals surface area (Å²) in [6.07, 6.45) is 7.18. The molecule has 2 aliphatic carbocycles. The van der Waals surface area contributed by atoms with Crippen LogP contribution in [0.15, 0.2) is 170 Å². The molecule has 0 unspecified atom stereocenters. The van der Waals surface area contributed by atoms with Crippen molar-refractivity contribution in [3.05, 3.63) is 250 Å². The molecule has 10 aromatic rings. The first-order valence-corrected chi connectivity index (χ1v) is 24.1. The van der Waals surface area contributed by atoms with Crippen molar-refractivity contribution in [2.24, 2.45) is 0 Å². The van der Waals surface area contributed by atoms with E-state index in [1.54, 1.807) is 12.4 Å². The van der Waals surface area contributed by atoms with Crippen molar-refractivity contribution in [2.75, 3.05) is 14.1 Å². The maximum atomic E-state index is 4.66. The molecule has 12 heteroatoms. The molecule has 0 N–H and O–H groups in total. The van der Waals surface area contributed by atoms with Gasteiger partial charge in [-0.1, -0.05) is 116 Å². The van der Waals surface area contributed by atoms with Gasteiger partial charge in [0.25, 0.3) is 11.4 Å². The number of nitrogens with zero attached hydrogens (tertiary/aromatic N) is 10. The van der Waals surface area contributed by atoms with Crippen LogP contribution in [0.5, 0.6) is 0 Å². The Morgan fingerprint density at radius 3 is 1.15 bits per heavy atom. The number of hydrogen-bond donors (Lipinski definition) is 0. The number of benzene rings is 6. The van der Waals surface area contributed by atoms with Gasteiger partial charge in [-0.3, -0.25) is 0 Å². The van der Waals surface area contributed by atoms with Crippen molar-refractivity contribution in [1.82, 2.24) is 39.5 Å². The summed E-state index contributed by atoms with van der Waals surface area (Å²) in [6, 6.07) is 65.8. The Labute approximate surface area is 458 Å². The average molecular weight is 1320 g/mol. The van der Waals surface area contributed by atoms with Gasteiger partial charge in [-0.15, -0.1) is 44.5 Å². The van der Waals surface area contributed by atoms with Crippen molar-refractivity contribution in [3.63, 3.8) is 0 Å². The van der Waals surface area contributed by atoms with Crippen LogP contribution in [0.3, 0.4) is 0 Å². The van der Waals surface area contributed by atoms with Gasteiger partial charge in [-0.2, -0.15) is 36.7 Å². The number of pyridine rings is 2. The molecule has 0 atom stereocenters. The van der Waals surface area contributed by atoms with Crippen LogP contribution in [-0.2, 0) is 53.0 Å². The van der Waals surface area contributed by atoms with Gasteiger partial charge in [-0.05, 0) is 84.3 Å². The summed E-state index contributed by atoms with van der Waals surface area (Å²) in [4.78, 5) is 9.27. The molecule has 0 fully saturated rings. The molecule has 10 nitrogen and oxygen atoms in total. The first-order chi connectivity index (χ1) is 35.1. The molecule has 74 heavy (non-hydrogen) atoms. The molecule has 0 radical (unpaired) electrons. The predicted octanol–water partition coefficient (Wildman–Crippen LogP) is 11.0. The van der Waals surface area contributed by atoms with Crippen LogP contribution in [-0.4, -0.2) is 55.4 Å². The van der Waals surface area contributed by atoms with E-state index in [9.17, 15) is 0 Å². The minimum atomic E-state index is -0.631. The van der Waals surface area contributed by atoms with Crippen LogP contribution < -0.4 is 19.3 Å². The SMILES string of the molecule is Cc1ccc2c(c1)C(c1[c-]c([N+]3=C=[N+](C)c4cccnc43)ccc1)(c1cc[n-]n1)c1cc(C)ccc1-2.Cc1ccc2c(c1)C(c1[c-]c([N+]3=C=[N+](C)c4cccnc43)ccc1)(c1cc[n-]n1)c1cc(C)ccc1-2.[Pt+2].[Pt+2]. The summed E-state index contributed by atoms with van der Waals surface area (Å²) < 4.78 is 7.89. The van der Waals surface area contributed by atoms with Gasteiger partial charge >= 0.3 is 65.8 Å². The number of aryl methyl sites for hydroxylation is 4. The molecule has 0 saturated carbocycles. The topological polar surface area (TPSA) is 91.8 Å². The zero-order valence-corrected chi connectivity index (χ0v) is 45.8. The van der Waals surface area contributed by atoms with Crippen molar-refractivity contribution < 1.29 is 51.3 Å². The van der Waals surface area contributed by atoms with Crippen LogP contribution >= 0.6 is 0 Å². The molecular weight excluding hydrogens is 1270 g/mol. The maximum Gasteiger partial charge on any atom is 2.00 e. The van der Waals surface area contributed by atoms with E-state index in [0.717, 1.165) is 56.9 Å². The molecular formula is C62H46N10Pt2+4. The smallest absolute Gasteiger partial charge is 0.581 e. The minimum absolute atomic E-state index is 0. The molecule has 6 aromatic carbocycles. The Hall–Kier alpha value is -7.82. The Kier molecular flexibility index (Phi) is 12.2. The van der Waals surface area contributed by atoms with Crippen molar-refractivity contribution in [2.45, 2.75) is 38.5 Å². The van der Waals surface area contributed by atoms with E-state index in [0.29, 0.717) is 0 Å². The fourth-order valence-electron chi connectivity index (χ4n) is 11.5. The Bertz CT molecular complexity index is 3680. The fraction of sp³-hybridized carbons (Fsp3) is 0.129. The summed E-state index contributed by atoms with van der Waals surface area (Å²) in [6.45, 7) is 8.57. The standard InChI is InChI=1S/2C31H23N5.2Pt/c2*1-20-9-11-24-25-12-10-21(2)17-27(25)31(26(24)16-20,29-13-15-33-34-29)22-6-4-7-23(18-22)36-19-35(3)28-8-5-14-32-30(28)36;;/h2*4-17H,1-3H3;;/q;;2*+2. The van der Waals surface area contributed by atoms with E-state index in [1.165, 1.54) is 66.8 Å². The molecule has 4 aliphatic rings. The van der Waals surface area contributed by atoms with Crippen LogP contribution in [0.25, 0.3) is 22.3 Å². The zero-order valence-electron chi connectivity index (χ0n) is 41.3. The van der Waals surface area contributed by atoms with E-state index in [-0.39, 0.29) is 42.1 Å². The van der Waals surface area contributed by atoms with Crippen LogP contribution in [0, 0.1) is 39.8 Å². The molecule has 0 saturated heterocycles. The molecule has 6 heterocycles. The predicted molar refractivity (Wildman–Crippen MR) is 279 cm³/mol. The fourth-order valence-corrected chi connectivity index (χ4v) is 11.5. The molecule has 0 spiro atoms. The van der Waals surface area contributed by atoms with Gasteiger partial charge < -0.3 is 20.4 Å². The van der Waals surface area contributed by atoms with E-state index in [4.69, 9.17) is 0 Å². The van der Waals surface area contributed by atoms with Crippen molar-refractivity contribution in [1.29, 1.82) is 0 Å². The summed E-state index contributed by atoms with van der Waals surface area (Å²) >= 11 is 0. The minimum Gasteiger partial charge on any atom is -0.581 e. The number of rotatable bonds is 6. The largest absolute Gasteiger partial charge is 2.00 e. The monoisotopic (exact) mass is 1320 g/mol. The second kappa shape index (κ2) is 18.6. The van der Waals surface area contributed by atoms with Gasteiger partial charge in [-0.25, -0.2) is 0 Å².